The molecule has 1 fully saturated rings. The molecule has 0 aliphatic carbocycles. The summed E-state index contributed by atoms with van der Waals surface area (Å²) in [5.41, 5.74) is 0.617. The first-order valence-electron chi connectivity index (χ1n) is 7.93. The van der Waals surface area contributed by atoms with Crippen LogP contribution >= 0.6 is 23.1 Å². The molecule has 0 unspecified atom stereocenters. The third kappa shape index (κ3) is 4.13. The highest BCUT2D eigenvalue weighted by Crippen LogP contribution is 2.35. The highest BCUT2D eigenvalue weighted by atomic mass is 32.2. The van der Waals surface area contributed by atoms with Gasteiger partial charge < -0.3 is 9.84 Å². The standard InChI is InChI=1S/C18H16N2O5S3/c1-3-8-20-17(22)15(11-12-6-7-13(21)14(10-12)25-2)27-18(20)19-28(23,24)16-5-4-9-26-16/h3-7,9-11,21H,1,8H2,2H3. The topological polar surface area (TPSA) is 96.3 Å². The van der Waals surface area contributed by atoms with E-state index in [9.17, 15) is 18.3 Å². The average molecular weight is 437 g/mol. The number of phenolic OH excluding ortho intramolecular Hbond substituents is 1. The van der Waals surface area contributed by atoms with Crippen molar-refractivity contribution >= 4 is 50.3 Å². The lowest BCUT2D eigenvalue weighted by atomic mass is 10.2. The third-order valence-corrected chi connectivity index (χ3v) is 7.41. The van der Waals surface area contributed by atoms with E-state index >= 15 is 0 Å². The molecule has 10 heteroatoms. The number of carbonyl (C=O) groups is 1. The summed E-state index contributed by atoms with van der Waals surface area (Å²) in [6.45, 7) is 3.74. The number of hydrogen-bond donors (Lipinski definition) is 1. The van der Waals surface area contributed by atoms with Crippen LogP contribution in [0.5, 0.6) is 11.5 Å². The zero-order chi connectivity index (χ0) is 20.3. The molecule has 28 heavy (non-hydrogen) atoms. The molecule has 1 aromatic heterocycles. The molecule has 1 aromatic carbocycles. The van der Waals surface area contributed by atoms with E-state index in [1.165, 1.54) is 30.2 Å². The van der Waals surface area contributed by atoms with Crippen molar-refractivity contribution in [1.29, 1.82) is 0 Å². The molecule has 1 aliphatic heterocycles. The van der Waals surface area contributed by atoms with Crippen molar-refractivity contribution in [2.75, 3.05) is 13.7 Å². The minimum atomic E-state index is -3.91. The lowest BCUT2D eigenvalue weighted by molar-refractivity contribution is -0.121. The summed E-state index contributed by atoms with van der Waals surface area (Å²) in [5.74, 6) is -0.133. The Bertz CT molecular complexity index is 1070. The number of thiophene rings is 1. The molecule has 1 amide bonds. The number of thioether (sulfide) groups is 1. The van der Waals surface area contributed by atoms with Crippen molar-refractivity contribution in [3.05, 3.63) is 58.8 Å². The van der Waals surface area contributed by atoms with Crippen LogP contribution in [0, 0.1) is 0 Å². The normalized spacial score (nSPS) is 17.5. The second kappa shape index (κ2) is 8.21. The van der Waals surface area contributed by atoms with E-state index in [-0.39, 0.29) is 33.3 Å². The number of amides is 1. The van der Waals surface area contributed by atoms with Crippen LogP contribution in [0.25, 0.3) is 6.08 Å². The molecule has 1 aliphatic rings. The van der Waals surface area contributed by atoms with Gasteiger partial charge in [-0.15, -0.1) is 22.3 Å². The van der Waals surface area contributed by atoms with Crippen molar-refractivity contribution in [2.24, 2.45) is 4.40 Å². The van der Waals surface area contributed by atoms with Crippen LogP contribution in [0.1, 0.15) is 5.56 Å². The monoisotopic (exact) mass is 436 g/mol. The van der Waals surface area contributed by atoms with E-state index in [4.69, 9.17) is 4.74 Å². The number of carbonyl (C=O) groups excluding carboxylic acids is 1. The molecule has 7 nitrogen and oxygen atoms in total. The Balaban J connectivity index is 1.99. The van der Waals surface area contributed by atoms with Crippen LogP contribution in [-0.2, 0) is 14.8 Å². The Morgan fingerprint density at radius 3 is 2.79 bits per heavy atom. The van der Waals surface area contributed by atoms with Gasteiger partial charge in [-0.25, -0.2) is 0 Å². The number of methoxy groups -OCH3 is 1. The number of rotatable bonds is 6. The number of benzene rings is 1. The van der Waals surface area contributed by atoms with Crippen molar-refractivity contribution in [3.8, 4) is 11.5 Å². The largest absolute Gasteiger partial charge is 0.504 e. The number of hydrogen-bond acceptors (Lipinski definition) is 7. The molecule has 2 heterocycles. The number of amidine groups is 1. The molecule has 146 valence electrons. The number of aromatic hydroxyl groups is 1. The smallest absolute Gasteiger partial charge is 0.294 e. The molecular weight excluding hydrogens is 420 g/mol. The predicted octanol–water partition coefficient (Wildman–Crippen LogP) is 3.31. The van der Waals surface area contributed by atoms with Gasteiger partial charge in [0.15, 0.2) is 16.7 Å². The van der Waals surface area contributed by atoms with E-state index in [0.29, 0.717) is 10.5 Å². The molecule has 0 bridgehead atoms. The first kappa shape index (κ1) is 20.2. The predicted molar refractivity (Wildman–Crippen MR) is 111 cm³/mol. The maximum atomic E-state index is 12.7. The molecule has 0 spiro atoms. The molecule has 3 rings (SSSR count). The van der Waals surface area contributed by atoms with Crippen molar-refractivity contribution in [1.82, 2.24) is 4.90 Å². The summed E-state index contributed by atoms with van der Waals surface area (Å²) in [7, 11) is -2.49. The maximum absolute atomic E-state index is 12.7. The van der Waals surface area contributed by atoms with Crippen LogP contribution in [-0.4, -0.2) is 43.2 Å². The fraction of sp³-hybridized carbons (Fsp3) is 0.111. The van der Waals surface area contributed by atoms with E-state index in [1.54, 1.807) is 29.7 Å². The van der Waals surface area contributed by atoms with Crippen molar-refractivity contribution in [3.63, 3.8) is 0 Å². The van der Waals surface area contributed by atoms with Crippen LogP contribution in [0.4, 0.5) is 0 Å². The van der Waals surface area contributed by atoms with Crippen LogP contribution in [0.2, 0.25) is 0 Å². The van der Waals surface area contributed by atoms with Gasteiger partial charge in [-0.05, 0) is 47.0 Å². The zero-order valence-corrected chi connectivity index (χ0v) is 17.2. The van der Waals surface area contributed by atoms with Gasteiger partial charge in [-0.1, -0.05) is 18.2 Å². The Morgan fingerprint density at radius 1 is 1.36 bits per heavy atom. The minimum absolute atomic E-state index is 0.0207. The molecule has 1 N–H and O–H groups in total. The van der Waals surface area contributed by atoms with E-state index < -0.39 is 10.0 Å². The Hall–Kier alpha value is -2.56. The zero-order valence-electron chi connectivity index (χ0n) is 14.7. The summed E-state index contributed by atoms with van der Waals surface area (Å²) < 4.78 is 34.0. The van der Waals surface area contributed by atoms with Crippen LogP contribution < -0.4 is 4.74 Å². The third-order valence-electron chi connectivity index (χ3n) is 3.65. The fourth-order valence-corrected chi connectivity index (χ4v) is 5.52. The molecule has 0 radical (unpaired) electrons. The maximum Gasteiger partial charge on any atom is 0.294 e. The number of ether oxygens (including phenoxy) is 1. The summed E-state index contributed by atoms with van der Waals surface area (Å²) in [5, 5.41) is 11.4. The first-order chi connectivity index (χ1) is 13.4. The van der Waals surface area contributed by atoms with Gasteiger partial charge in [0.2, 0.25) is 0 Å². The van der Waals surface area contributed by atoms with Gasteiger partial charge >= 0.3 is 0 Å². The van der Waals surface area contributed by atoms with Gasteiger partial charge in [0, 0.05) is 6.54 Å². The molecule has 0 saturated carbocycles. The molecular formula is C18H16N2O5S3. The number of phenols is 1. The van der Waals surface area contributed by atoms with Crippen molar-refractivity contribution < 1.29 is 23.1 Å². The molecule has 0 atom stereocenters. The molecule has 1 saturated heterocycles. The second-order valence-electron chi connectivity index (χ2n) is 5.53. The van der Waals surface area contributed by atoms with Gasteiger partial charge in [0.1, 0.15) is 4.21 Å². The highest BCUT2D eigenvalue weighted by Gasteiger charge is 2.34. The van der Waals surface area contributed by atoms with E-state index in [2.05, 4.69) is 11.0 Å². The van der Waals surface area contributed by atoms with Gasteiger partial charge in [0.05, 0.1) is 12.0 Å². The SMILES string of the molecule is C=CCN1C(=O)C(=Cc2ccc(O)c(OC)c2)SC1=NS(=O)(=O)c1cccs1. The molecule has 2 aromatic rings. The lowest BCUT2D eigenvalue weighted by Crippen LogP contribution is -2.29. The quantitative estimate of drug-likeness (QED) is 0.551. The fourth-order valence-electron chi connectivity index (χ4n) is 2.36. The lowest BCUT2D eigenvalue weighted by Gasteiger charge is -2.12. The second-order valence-corrected chi connectivity index (χ2v) is 9.32. The summed E-state index contributed by atoms with van der Waals surface area (Å²) in [6.07, 6.45) is 3.09. The Morgan fingerprint density at radius 2 is 2.14 bits per heavy atom. The van der Waals surface area contributed by atoms with E-state index in [0.717, 1.165) is 23.1 Å². The van der Waals surface area contributed by atoms with Gasteiger partial charge in [-0.3, -0.25) is 9.69 Å². The average Bonchev–Trinajstić information content (AvgIpc) is 3.29. The number of nitrogens with zero attached hydrogens (tertiary/aromatic N) is 2. The van der Waals surface area contributed by atoms with E-state index in [1.807, 2.05) is 0 Å². The van der Waals surface area contributed by atoms with Crippen LogP contribution in [0.15, 0.2) is 61.9 Å². The van der Waals surface area contributed by atoms with Gasteiger partial charge in [-0.2, -0.15) is 8.42 Å². The van der Waals surface area contributed by atoms with Gasteiger partial charge in [0.25, 0.3) is 15.9 Å². The minimum Gasteiger partial charge on any atom is -0.504 e. The summed E-state index contributed by atoms with van der Waals surface area (Å²) in [4.78, 5) is 14.3. The summed E-state index contributed by atoms with van der Waals surface area (Å²) in [6, 6.07) is 7.73. The number of sulfonamides is 1. The highest BCUT2D eigenvalue weighted by molar-refractivity contribution is 8.19. The summed E-state index contributed by atoms with van der Waals surface area (Å²) >= 11 is 2.02. The Labute approximate surface area is 170 Å². The Kier molecular flexibility index (Phi) is 5.92. The van der Waals surface area contributed by atoms with Crippen molar-refractivity contribution in [2.45, 2.75) is 4.21 Å². The van der Waals surface area contributed by atoms with Crippen LogP contribution in [0.3, 0.4) is 0 Å². The first-order valence-corrected chi connectivity index (χ1v) is 11.1.